The van der Waals surface area contributed by atoms with Gasteiger partial charge in [-0.25, -0.2) is 0 Å². The van der Waals surface area contributed by atoms with Gasteiger partial charge in [-0.2, -0.15) is 0 Å². The zero-order valence-electron chi connectivity index (χ0n) is 10.7. The summed E-state index contributed by atoms with van der Waals surface area (Å²) < 4.78 is 0. The summed E-state index contributed by atoms with van der Waals surface area (Å²) in [7, 11) is 0. The maximum atomic E-state index is 12.3. The quantitative estimate of drug-likeness (QED) is 0.786. The van der Waals surface area contributed by atoms with E-state index >= 15 is 0 Å². The van der Waals surface area contributed by atoms with Crippen LogP contribution in [0.5, 0.6) is 0 Å². The summed E-state index contributed by atoms with van der Waals surface area (Å²) in [6, 6.07) is 0.264. The van der Waals surface area contributed by atoms with Gasteiger partial charge in [0.25, 0.3) is 0 Å². The summed E-state index contributed by atoms with van der Waals surface area (Å²) in [5, 5.41) is 0. The van der Waals surface area contributed by atoms with Gasteiger partial charge < -0.3 is 10.6 Å². The molecule has 0 bridgehead atoms. The van der Waals surface area contributed by atoms with Crippen molar-refractivity contribution >= 4 is 18.3 Å². The van der Waals surface area contributed by atoms with Crippen LogP contribution < -0.4 is 5.73 Å². The minimum absolute atomic E-state index is 0. The lowest BCUT2D eigenvalue weighted by atomic mass is 10.0. The summed E-state index contributed by atoms with van der Waals surface area (Å²) in [5.41, 5.74) is 5.87. The zero-order chi connectivity index (χ0) is 11.5. The van der Waals surface area contributed by atoms with Gasteiger partial charge >= 0.3 is 0 Å². The molecule has 17 heavy (non-hydrogen) atoms. The average Bonchev–Trinajstić information content (AvgIpc) is 2.57. The van der Waals surface area contributed by atoms with E-state index < -0.39 is 0 Å². The number of hydrogen-bond donors (Lipinski definition) is 1. The van der Waals surface area contributed by atoms with Gasteiger partial charge in [0.05, 0.1) is 0 Å². The summed E-state index contributed by atoms with van der Waals surface area (Å²) >= 11 is 0. The van der Waals surface area contributed by atoms with Crippen LogP contribution in [0.15, 0.2) is 0 Å². The van der Waals surface area contributed by atoms with Gasteiger partial charge in [-0.15, -0.1) is 12.4 Å². The molecule has 0 spiro atoms. The third-order valence-corrected chi connectivity index (χ3v) is 4.15. The molecule has 2 N–H and O–H groups in total. The van der Waals surface area contributed by atoms with Crippen molar-refractivity contribution < 1.29 is 4.79 Å². The fourth-order valence-corrected chi connectivity index (χ4v) is 2.98. The molecule has 0 aromatic rings. The second-order valence-electron chi connectivity index (χ2n) is 5.63. The van der Waals surface area contributed by atoms with Crippen molar-refractivity contribution in [3.05, 3.63) is 0 Å². The van der Waals surface area contributed by atoms with E-state index in [1.54, 1.807) is 0 Å². The van der Waals surface area contributed by atoms with Crippen molar-refractivity contribution in [1.29, 1.82) is 0 Å². The van der Waals surface area contributed by atoms with Crippen LogP contribution >= 0.6 is 12.4 Å². The molecule has 100 valence electrons. The Morgan fingerprint density at radius 3 is 2.59 bits per heavy atom. The number of nitrogens with zero attached hydrogens (tertiary/aromatic N) is 1. The molecule has 1 aliphatic carbocycles. The number of halogens is 1. The molecule has 2 aliphatic rings. The van der Waals surface area contributed by atoms with E-state index in [0.29, 0.717) is 5.91 Å². The standard InChI is InChI=1S/C13H24N2O.ClH/c1-10-3-2-7-15(8-6-10)13(16)11-4-5-12(14)9-11;/h10-12H,2-9,14H2,1H3;1H. The first-order valence-corrected chi connectivity index (χ1v) is 6.71. The van der Waals surface area contributed by atoms with Gasteiger partial charge in [-0.05, 0) is 44.4 Å². The van der Waals surface area contributed by atoms with Crippen LogP contribution in [0.1, 0.15) is 45.4 Å². The summed E-state index contributed by atoms with van der Waals surface area (Å²) in [5.74, 6) is 1.38. The number of rotatable bonds is 1. The number of amides is 1. The van der Waals surface area contributed by atoms with Gasteiger partial charge in [-0.1, -0.05) is 6.92 Å². The maximum absolute atomic E-state index is 12.3. The van der Waals surface area contributed by atoms with E-state index in [2.05, 4.69) is 11.8 Å². The van der Waals surface area contributed by atoms with Gasteiger partial charge in [0.2, 0.25) is 5.91 Å². The predicted octanol–water partition coefficient (Wildman–Crippen LogP) is 2.18. The average molecular weight is 261 g/mol. The molecule has 1 aliphatic heterocycles. The Kier molecular flexibility index (Phi) is 5.74. The normalized spacial score (nSPS) is 34.0. The molecule has 2 rings (SSSR count). The van der Waals surface area contributed by atoms with Gasteiger partial charge in [0.15, 0.2) is 0 Å². The molecule has 3 atom stereocenters. The van der Waals surface area contributed by atoms with Crippen LogP contribution in [0.2, 0.25) is 0 Å². The van der Waals surface area contributed by atoms with Gasteiger partial charge in [-0.3, -0.25) is 4.79 Å². The van der Waals surface area contributed by atoms with Crippen molar-refractivity contribution in [2.45, 2.75) is 51.5 Å². The molecule has 1 saturated heterocycles. The Labute approximate surface area is 111 Å². The van der Waals surface area contributed by atoms with E-state index in [1.165, 1.54) is 19.3 Å². The first-order valence-electron chi connectivity index (χ1n) is 6.71. The van der Waals surface area contributed by atoms with Crippen LogP contribution in [0.3, 0.4) is 0 Å². The van der Waals surface area contributed by atoms with Crippen molar-refractivity contribution in [2.75, 3.05) is 13.1 Å². The van der Waals surface area contributed by atoms with Crippen molar-refractivity contribution in [3.8, 4) is 0 Å². The van der Waals surface area contributed by atoms with Crippen molar-refractivity contribution in [1.82, 2.24) is 4.90 Å². The molecule has 0 aromatic carbocycles. The lowest BCUT2D eigenvalue weighted by molar-refractivity contribution is -0.135. The number of likely N-dealkylation sites (tertiary alicyclic amines) is 1. The molecule has 1 heterocycles. The molecule has 3 nitrogen and oxygen atoms in total. The molecule has 3 unspecified atom stereocenters. The second-order valence-corrected chi connectivity index (χ2v) is 5.63. The smallest absolute Gasteiger partial charge is 0.225 e. The Bertz CT molecular complexity index is 260. The predicted molar refractivity (Wildman–Crippen MR) is 72.2 cm³/mol. The molecule has 0 aromatic heterocycles. The van der Waals surface area contributed by atoms with E-state index in [0.717, 1.165) is 38.3 Å². The lowest BCUT2D eigenvalue weighted by Gasteiger charge is -2.24. The minimum atomic E-state index is 0. The van der Waals surface area contributed by atoms with Crippen molar-refractivity contribution in [3.63, 3.8) is 0 Å². The molecule has 1 saturated carbocycles. The molecular formula is C13H25ClN2O. The van der Waals surface area contributed by atoms with Gasteiger partial charge in [0, 0.05) is 25.0 Å². The van der Waals surface area contributed by atoms with Crippen LogP contribution in [0.4, 0.5) is 0 Å². The second kappa shape index (κ2) is 6.60. The monoisotopic (exact) mass is 260 g/mol. The SMILES string of the molecule is CC1CCCN(C(=O)C2CCC(N)C2)CC1.Cl. The van der Waals surface area contributed by atoms with E-state index in [1.807, 2.05) is 0 Å². The van der Waals surface area contributed by atoms with Crippen LogP contribution in [0, 0.1) is 11.8 Å². The third-order valence-electron chi connectivity index (χ3n) is 4.15. The Balaban J connectivity index is 0.00000144. The first kappa shape index (κ1) is 14.8. The van der Waals surface area contributed by atoms with Crippen LogP contribution in [-0.4, -0.2) is 29.9 Å². The highest BCUT2D eigenvalue weighted by molar-refractivity contribution is 5.85. The van der Waals surface area contributed by atoms with E-state index in [-0.39, 0.29) is 24.4 Å². The fourth-order valence-electron chi connectivity index (χ4n) is 2.98. The van der Waals surface area contributed by atoms with Crippen molar-refractivity contribution in [2.24, 2.45) is 17.6 Å². The molecule has 1 amide bonds. The molecule has 2 fully saturated rings. The molecule has 0 radical (unpaired) electrons. The highest BCUT2D eigenvalue weighted by atomic mass is 35.5. The zero-order valence-corrected chi connectivity index (χ0v) is 11.5. The fraction of sp³-hybridized carbons (Fsp3) is 0.923. The lowest BCUT2D eigenvalue weighted by Crippen LogP contribution is -2.36. The number of nitrogens with two attached hydrogens (primary N) is 1. The largest absolute Gasteiger partial charge is 0.342 e. The summed E-state index contributed by atoms with van der Waals surface area (Å²) in [6.45, 7) is 4.22. The third kappa shape index (κ3) is 3.85. The summed E-state index contributed by atoms with van der Waals surface area (Å²) in [6.07, 6.45) is 6.56. The van der Waals surface area contributed by atoms with E-state index in [9.17, 15) is 4.79 Å². The van der Waals surface area contributed by atoms with Crippen LogP contribution in [0.25, 0.3) is 0 Å². The topological polar surface area (TPSA) is 46.3 Å². The number of carbonyl (C=O) groups excluding carboxylic acids is 1. The first-order chi connectivity index (χ1) is 7.66. The highest BCUT2D eigenvalue weighted by Crippen LogP contribution is 2.27. The van der Waals surface area contributed by atoms with Gasteiger partial charge in [0.1, 0.15) is 0 Å². The minimum Gasteiger partial charge on any atom is -0.342 e. The Morgan fingerprint density at radius 1 is 1.18 bits per heavy atom. The molecular weight excluding hydrogens is 236 g/mol. The Morgan fingerprint density at radius 2 is 1.94 bits per heavy atom. The van der Waals surface area contributed by atoms with Crippen LogP contribution in [-0.2, 0) is 4.79 Å². The molecule has 4 heteroatoms. The number of carbonyl (C=O) groups is 1. The maximum Gasteiger partial charge on any atom is 0.225 e. The highest BCUT2D eigenvalue weighted by Gasteiger charge is 2.31. The van der Waals surface area contributed by atoms with E-state index in [4.69, 9.17) is 5.73 Å². The number of hydrogen-bond acceptors (Lipinski definition) is 2. The Hall–Kier alpha value is -0.280. The summed E-state index contributed by atoms with van der Waals surface area (Å²) in [4.78, 5) is 14.4.